The molecular weight excluding hydrogens is 614 g/mol. The fraction of sp³-hybridized carbons (Fsp3) is 0.333. The molecule has 1 aliphatic carbocycles. The standard InChI is InChI=1S/C30H33BrClN3O4S/c1-21-14-16-26(17-15-21)40(38,39)35(28-13-6-5-12-27(28)32)20-29(36)34(19-23-8-7-9-24(31)18-23)22(2)30(37)33-25-10-3-4-11-25/h5-9,12-18,22,25H,3-4,10-11,19-20H2,1-2H3,(H,33,37)/t22-/m1/s1. The summed E-state index contributed by atoms with van der Waals surface area (Å²) < 4.78 is 29.7. The van der Waals surface area contributed by atoms with E-state index in [4.69, 9.17) is 11.6 Å². The minimum Gasteiger partial charge on any atom is -0.352 e. The van der Waals surface area contributed by atoms with Crippen molar-refractivity contribution in [3.8, 4) is 0 Å². The zero-order valence-corrected chi connectivity index (χ0v) is 25.7. The number of carbonyl (C=O) groups excluding carboxylic acids is 2. The van der Waals surface area contributed by atoms with Gasteiger partial charge in [-0.1, -0.05) is 82.3 Å². The summed E-state index contributed by atoms with van der Waals surface area (Å²) in [6.45, 7) is 3.13. The van der Waals surface area contributed by atoms with Crippen molar-refractivity contribution in [1.82, 2.24) is 10.2 Å². The maximum atomic E-state index is 14.0. The van der Waals surface area contributed by atoms with Gasteiger partial charge in [0.2, 0.25) is 11.8 Å². The topological polar surface area (TPSA) is 86.8 Å². The van der Waals surface area contributed by atoms with Crippen LogP contribution in [0.3, 0.4) is 0 Å². The SMILES string of the molecule is Cc1ccc(S(=O)(=O)N(CC(=O)N(Cc2cccc(Br)c2)[C@H](C)C(=O)NC2CCCC2)c2ccccc2Cl)cc1. The molecule has 0 aromatic heterocycles. The number of nitrogens with zero attached hydrogens (tertiary/aromatic N) is 2. The Morgan fingerprint density at radius 3 is 2.35 bits per heavy atom. The van der Waals surface area contributed by atoms with Crippen LogP contribution < -0.4 is 9.62 Å². The third-order valence-corrected chi connectivity index (χ3v) is 9.71. The molecule has 40 heavy (non-hydrogen) atoms. The van der Waals surface area contributed by atoms with Crippen molar-refractivity contribution in [3.63, 3.8) is 0 Å². The van der Waals surface area contributed by atoms with Gasteiger partial charge in [0.15, 0.2) is 0 Å². The summed E-state index contributed by atoms with van der Waals surface area (Å²) in [6, 6.07) is 19.6. The van der Waals surface area contributed by atoms with Gasteiger partial charge in [-0.05, 0) is 68.7 Å². The van der Waals surface area contributed by atoms with Gasteiger partial charge in [0, 0.05) is 17.1 Å². The molecule has 10 heteroatoms. The highest BCUT2D eigenvalue weighted by Gasteiger charge is 2.34. The molecule has 1 atom stereocenters. The number of hydrogen-bond donors (Lipinski definition) is 1. The average molecular weight is 647 g/mol. The van der Waals surface area contributed by atoms with Gasteiger partial charge in [-0.25, -0.2) is 8.42 Å². The van der Waals surface area contributed by atoms with Gasteiger partial charge in [0.05, 0.1) is 15.6 Å². The predicted octanol–water partition coefficient (Wildman–Crippen LogP) is 6.08. The monoisotopic (exact) mass is 645 g/mol. The van der Waals surface area contributed by atoms with Gasteiger partial charge in [-0.2, -0.15) is 0 Å². The van der Waals surface area contributed by atoms with Crippen molar-refractivity contribution < 1.29 is 18.0 Å². The van der Waals surface area contributed by atoms with Crippen LogP contribution in [0, 0.1) is 6.92 Å². The fourth-order valence-electron chi connectivity index (χ4n) is 4.81. The number of anilines is 1. The highest BCUT2D eigenvalue weighted by Crippen LogP contribution is 2.31. The van der Waals surface area contributed by atoms with Crippen molar-refractivity contribution in [2.24, 2.45) is 0 Å². The predicted molar refractivity (Wildman–Crippen MR) is 162 cm³/mol. The minimum atomic E-state index is -4.17. The summed E-state index contributed by atoms with van der Waals surface area (Å²) in [5, 5.41) is 3.26. The number of halogens is 2. The van der Waals surface area contributed by atoms with Crippen LogP contribution in [0.2, 0.25) is 5.02 Å². The summed E-state index contributed by atoms with van der Waals surface area (Å²) >= 11 is 9.92. The Labute approximate surface area is 249 Å². The molecule has 0 aliphatic heterocycles. The molecule has 1 aliphatic rings. The van der Waals surface area contributed by atoms with E-state index in [1.54, 1.807) is 43.3 Å². The second kappa shape index (κ2) is 13.2. The molecule has 1 N–H and O–H groups in total. The number of carbonyl (C=O) groups is 2. The maximum absolute atomic E-state index is 14.0. The van der Waals surface area contributed by atoms with Crippen LogP contribution in [-0.2, 0) is 26.2 Å². The Hall–Kier alpha value is -2.88. The Morgan fingerprint density at radius 1 is 1.02 bits per heavy atom. The molecule has 0 saturated heterocycles. The molecule has 4 rings (SSSR count). The molecule has 0 unspecified atom stereocenters. The van der Waals surface area contributed by atoms with Crippen molar-refractivity contribution in [3.05, 3.63) is 93.4 Å². The number of aryl methyl sites for hydroxylation is 1. The quantitative estimate of drug-likeness (QED) is 0.289. The Morgan fingerprint density at radius 2 is 1.70 bits per heavy atom. The van der Waals surface area contributed by atoms with E-state index in [-0.39, 0.29) is 34.1 Å². The average Bonchev–Trinajstić information content (AvgIpc) is 3.43. The lowest BCUT2D eigenvalue weighted by Crippen LogP contribution is -2.52. The molecule has 1 fully saturated rings. The number of sulfonamides is 1. The molecule has 0 radical (unpaired) electrons. The van der Waals surface area contributed by atoms with E-state index in [2.05, 4.69) is 21.2 Å². The third-order valence-electron chi connectivity index (χ3n) is 7.12. The van der Waals surface area contributed by atoms with Crippen molar-refractivity contribution in [2.75, 3.05) is 10.8 Å². The molecule has 3 aromatic rings. The number of rotatable bonds is 10. The lowest BCUT2D eigenvalue weighted by molar-refractivity contribution is -0.139. The summed E-state index contributed by atoms with van der Waals surface area (Å²) in [7, 11) is -4.17. The van der Waals surface area contributed by atoms with E-state index in [1.807, 2.05) is 31.2 Å². The lowest BCUT2D eigenvalue weighted by Gasteiger charge is -2.32. The first-order valence-electron chi connectivity index (χ1n) is 13.2. The van der Waals surface area contributed by atoms with Crippen LogP contribution in [0.15, 0.2) is 82.2 Å². The normalized spacial score (nSPS) is 14.5. The Bertz CT molecular complexity index is 1460. The molecular formula is C30H33BrClN3O4S. The minimum absolute atomic E-state index is 0.0383. The summed E-state index contributed by atoms with van der Waals surface area (Å²) in [5.74, 6) is -0.786. The molecule has 2 amide bonds. The number of benzene rings is 3. The van der Waals surface area contributed by atoms with Gasteiger partial charge in [-0.15, -0.1) is 0 Å². The van der Waals surface area contributed by atoms with Gasteiger partial charge >= 0.3 is 0 Å². The molecule has 7 nitrogen and oxygen atoms in total. The fourth-order valence-corrected chi connectivity index (χ4v) is 6.98. The first kappa shape index (κ1) is 30.1. The number of hydrogen-bond acceptors (Lipinski definition) is 4. The van der Waals surface area contributed by atoms with E-state index in [1.165, 1.54) is 17.0 Å². The van der Waals surface area contributed by atoms with Crippen LogP contribution in [0.25, 0.3) is 0 Å². The molecule has 212 valence electrons. The van der Waals surface area contributed by atoms with Gasteiger partial charge < -0.3 is 10.2 Å². The highest BCUT2D eigenvalue weighted by molar-refractivity contribution is 9.10. The van der Waals surface area contributed by atoms with Crippen molar-refractivity contribution in [1.29, 1.82) is 0 Å². The smallest absolute Gasteiger partial charge is 0.264 e. The maximum Gasteiger partial charge on any atom is 0.264 e. The van der Waals surface area contributed by atoms with E-state index in [0.717, 1.165) is 45.6 Å². The van der Waals surface area contributed by atoms with E-state index in [0.29, 0.717) is 0 Å². The first-order valence-corrected chi connectivity index (χ1v) is 15.9. The van der Waals surface area contributed by atoms with Crippen LogP contribution in [0.5, 0.6) is 0 Å². The molecule has 0 heterocycles. The Kier molecular flexibility index (Phi) is 9.92. The number of para-hydroxylation sites is 1. The van der Waals surface area contributed by atoms with Gasteiger partial charge in [0.25, 0.3) is 10.0 Å². The number of nitrogens with one attached hydrogen (secondary N) is 1. The zero-order chi connectivity index (χ0) is 28.9. The second-order valence-electron chi connectivity index (χ2n) is 10.1. The van der Waals surface area contributed by atoms with Crippen LogP contribution in [0.1, 0.15) is 43.7 Å². The Balaban J connectivity index is 1.69. The van der Waals surface area contributed by atoms with Crippen LogP contribution in [-0.4, -0.2) is 43.8 Å². The van der Waals surface area contributed by atoms with Crippen molar-refractivity contribution in [2.45, 2.75) is 63.1 Å². The molecule has 0 bridgehead atoms. The molecule has 3 aromatic carbocycles. The highest BCUT2D eigenvalue weighted by atomic mass is 79.9. The van der Waals surface area contributed by atoms with Gasteiger partial charge in [-0.3, -0.25) is 13.9 Å². The van der Waals surface area contributed by atoms with Crippen molar-refractivity contribution >= 4 is 55.1 Å². The molecule has 0 spiro atoms. The van der Waals surface area contributed by atoms with E-state index < -0.39 is 28.5 Å². The zero-order valence-electron chi connectivity index (χ0n) is 22.5. The third kappa shape index (κ3) is 7.25. The second-order valence-corrected chi connectivity index (χ2v) is 13.3. The largest absolute Gasteiger partial charge is 0.352 e. The summed E-state index contributed by atoms with van der Waals surface area (Å²) in [6.07, 6.45) is 3.94. The lowest BCUT2D eigenvalue weighted by atomic mass is 10.1. The summed E-state index contributed by atoms with van der Waals surface area (Å²) in [4.78, 5) is 28.8. The van der Waals surface area contributed by atoms with Crippen LogP contribution in [0.4, 0.5) is 5.69 Å². The van der Waals surface area contributed by atoms with Gasteiger partial charge in [0.1, 0.15) is 12.6 Å². The van der Waals surface area contributed by atoms with E-state index >= 15 is 0 Å². The van der Waals surface area contributed by atoms with Crippen LogP contribution >= 0.6 is 27.5 Å². The number of amides is 2. The first-order chi connectivity index (χ1) is 19.1. The summed E-state index contributed by atoms with van der Waals surface area (Å²) in [5.41, 5.74) is 1.89. The molecule has 1 saturated carbocycles. The van der Waals surface area contributed by atoms with E-state index in [9.17, 15) is 18.0 Å².